The van der Waals surface area contributed by atoms with Crippen LogP contribution in [0.4, 0.5) is 0 Å². The molecule has 0 aliphatic heterocycles. The Hall–Kier alpha value is -1.05. The van der Waals surface area contributed by atoms with Crippen molar-refractivity contribution < 1.29 is 4.74 Å². The Morgan fingerprint density at radius 2 is 2.20 bits per heavy atom. The molecule has 0 radical (unpaired) electrons. The van der Waals surface area contributed by atoms with Crippen LogP contribution in [0.3, 0.4) is 0 Å². The quantitative estimate of drug-likeness (QED) is 0.708. The topological polar surface area (TPSA) is 22.1 Å². The highest BCUT2D eigenvalue weighted by Crippen LogP contribution is 2.30. The molecule has 1 unspecified atom stereocenters. The van der Waals surface area contributed by atoms with Crippen LogP contribution in [0.1, 0.15) is 51.0 Å². The Balaban J connectivity index is 2.80. The predicted octanol–water partition coefficient (Wildman–Crippen LogP) is 3.77. The second-order valence-corrected chi connectivity index (χ2v) is 3.85. The molecule has 0 aromatic carbocycles. The summed E-state index contributed by atoms with van der Waals surface area (Å²) in [5.41, 5.74) is 1.26. The molecule has 1 aromatic heterocycles. The van der Waals surface area contributed by atoms with Crippen molar-refractivity contribution in [3.8, 4) is 5.88 Å². The van der Waals surface area contributed by atoms with E-state index in [1.165, 1.54) is 24.8 Å². The van der Waals surface area contributed by atoms with Gasteiger partial charge in [-0.15, -0.1) is 0 Å². The summed E-state index contributed by atoms with van der Waals surface area (Å²) >= 11 is 0. The molecule has 0 N–H and O–H groups in total. The average molecular weight is 207 g/mol. The number of hydrogen-bond donors (Lipinski definition) is 0. The van der Waals surface area contributed by atoms with E-state index in [1.54, 1.807) is 13.3 Å². The Kier molecular flexibility index (Phi) is 5.16. The Bertz CT molecular complexity index is 286. The number of methoxy groups -OCH3 is 1. The first-order valence-electron chi connectivity index (χ1n) is 5.82. The van der Waals surface area contributed by atoms with Gasteiger partial charge < -0.3 is 4.74 Å². The lowest BCUT2D eigenvalue weighted by Gasteiger charge is -2.16. The highest BCUT2D eigenvalue weighted by atomic mass is 16.5. The first-order valence-corrected chi connectivity index (χ1v) is 5.82. The fourth-order valence-corrected chi connectivity index (χ4v) is 1.91. The maximum atomic E-state index is 5.30. The van der Waals surface area contributed by atoms with Gasteiger partial charge in [-0.1, -0.05) is 32.8 Å². The second-order valence-electron chi connectivity index (χ2n) is 3.85. The number of unbranched alkanes of at least 4 members (excludes halogenated alkanes) is 1. The van der Waals surface area contributed by atoms with Gasteiger partial charge in [0.15, 0.2) is 0 Å². The Morgan fingerprint density at radius 3 is 2.80 bits per heavy atom. The molecule has 84 valence electrons. The summed E-state index contributed by atoms with van der Waals surface area (Å²) in [5.74, 6) is 1.38. The minimum Gasteiger partial charge on any atom is -0.481 e. The van der Waals surface area contributed by atoms with Gasteiger partial charge in [-0.05, 0) is 24.8 Å². The fourth-order valence-electron chi connectivity index (χ4n) is 1.91. The molecular weight excluding hydrogens is 186 g/mol. The maximum absolute atomic E-state index is 5.30. The standard InChI is InChI=1S/C13H21NO/c1-4-6-8-11(5-2)12-9-7-10-14-13(12)15-3/h7,9-11H,4-6,8H2,1-3H3. The van der Waals surface area contributed by atoms with Gasteiger partial charge >= 0.3 is 0 Å². The van der Waals surface area contributed by atoms with Gasteiger partial charge in [0.1, 0.15) is 0 Å². The second kappa shape index (κ2) is 6.44. The fraction of sp³-hybridized carbons (Fsp3) is 0.615. The zero-order valence-electron chi connectivity index (χ0n) is 9.99. The number of hydrogen-bond acceptors (Lipinski definition) is 2. The lowest BCUT2D eigenvalue weighted by atomic mass is 9.92. The summed E-state index contributed by atoms with van der Waals surface area (Å²) in [6, 6.07) is 4.13. The predicted molar refractivity (Wildman–Crippen MR) is 63.3 cm³/mol. The lowest BCUT2D eigenvalue weighted by molar-refractivity contribution is 0.385. The third kappa shape index (κ3) is 3.22. The molecule has 2 heteroatoms. The van der Waals surface area contributed by atoms with E-state index >= 15 is 0 Å². The van der Waals surface area contributed by atoms with Crippen LogP contribution in [0.15, 0.2) is 18.3 Å². The van der Waals surface area contributed by atoms with Crippen molar-refractivity contribution in [1.29, 1.82) is 0 Å². The van der Waals surface area contributed by atoms with E-state index in [0.717, 1.165) is 12.3 Å². The van der Waals surface area contributed by atoms with Gasteiger partial charge in [0.2, 0.25) is 5.88 Å². The van der Waals surface area contributed by atoms with Crippen LogP contribution in [-0.4, -0.2) is 12.1 Å². The molecule has 1 heterocycles. The minimum absolute atomic E-state index is 0.591. The Morgan fingerprint density at radius 1 is 1.40 bits per heavy atom. The zero-order chi connectivity index (χ0) is 11.1. The number of aromatic nitrogens is 1. The minimum atomic E-state index is 0.591. The van der Waals surface area contributed by atoms with Crippen molar-refractivity contribution in [2.75, 3.05) is 7.11 Å². The smallest absolute Gasteiger partial charge is 0.216 e. The van der Waals surface area contributed by atoms with E-state index in [9.17, 15) is 0 Å². The summed E-state index contributed by atoms with van der Waals surface area (Å²) in [4.78, 5) is 4.25. The van der Waals surface area contributed by atoms with Gasteiger partial charge in [0.05, 0.1) is 7.11 Å². The largest absolute Gasteiger partial charge is 0.481 e. The van der Waals surface area contributed by atoms with Gasteiger partial charge in [-0.25, -0.2) is 4.98 Å². The van der Waals surface area contributed by atoms with E-state index in [2.05, 4.69) is 24.9 Å². The Labute approximate surface area is 92.7 Å². The average Bonchev–Trinajstić information content (AvgIpc) is 2.30. The summed E-state index contributed by atoms with van der Waals surface area (Å²) in [6.45, 7) is 4.46. The maximum Gasteiger partial charge on any atom is 0.216 e. The number of pyridine rings is 1. The van der Waals surface area contributed by atoms with Crippen molar-refractivity contribution in [1.82, 2.24) is 4.98 Å². The molecule has 1 rings (SSSR count). The summed E-state index contributed by atoms with van der Waals surface area (Å²) in [7, 11) is 1.69. The zero-order valence-corrected chi connectivity index (χ0v) is 9.99. The number of rotatable bonds is 6. The molecule has 0 amide bonds. The molecule has 0 saturated carbocycles. The molecule has 0 aliphatic carbocycles. The summed E-state index contributed by atoms with van der Waals surface area (Å²) < 4.78 is 5.30. The number of nitrogens with zero attached hydrogens (tertiary/aromatic N) is 1. The van der Waals surface area contributed by atoms with E-state index < -0.39 is 0 Å². The molecule has 0 aliphatic rings. The normalized spacial score (nSPS) is 12.5. The molecular formula is C13H21NO. The number of ether oxygens (including phenoxy) is 1. The first-order chi connectivity index (χ1) is 7.33. The monoisotopic (exact) mass is 207 g/mol. The van der Waals surface area contributed by atoms with Crippen LogP contribution in [0.2, 0.25) is 0 Å². The molecule has 0 fully saturated rings. The van der Waals surface area contributed by atoms with Crippen LogP contribution in [0.25, 0.3) is 0 Å². The van der Waals surface area contributed by atoms with Crippen LogP contribution in [-0.2, 0) is 0 Å². The third-order valence-electron chi connectivity index (χ3n) is 2.83. The van der Waals surface area contributed by atoms with E-state index in [4.69, 9.17) is 4.74 Å². The van der Waals surface area contributed by atoms with Crippen LogP contribution >= 0.6 is 0 Å². The van der Waals surface area contributed by atoms with Crippen LogP contribution < -0.4 is 4.74 Å². The molecule has 2 nitrogen and oxygen atoms in total. The first kappa shape index (κ1) is 12.0. The van der Waals surface area contributed by atoms with Crippen LogP contribution in [0, 0.1) is 0 Å². The van der Waals surface area contributed by atoms with Gasteiger partial charge in [0.25, 0.3) is 0 Å². The molecule has 0 saturated heterocycles. The van der Waals surface area contributed by atoms with Gasteiger partial charge in [-0.3, -0.25) is 0 Å². The highest BCUT2D eigenvalue weighted by molar-refractivity contribution is 5.29. The van der Waals surface area contributed by atoms with Crippen molar-refractivity contribution in [3.05, 3.63) is 23.9 Å². The van der Waals surface area contributed by atoms with Crippen molar-refractivity contribution in [2.45, 2.75) is 45.4 Å². The summed E-state index contributed by atoms with van der Waals surface area (Å²) in [5, 5.41) is 0. The van der Waals surface area contributed by atoms with E-state index in [-0.39, 0.29) is 0 Å². The molecule has 15 heavy (non-hydrogen) atoms. The van der Waals surface area contributed by atoms with Crippen molar-refractivity contribution >= 4 is 0 Å². The third-order valence-corrected chi connectivity index (χ3v) is 2.83. The SMILES string of the molecule is CCCCC(CC)c1cccnc1OC. The van der Waals surface area contributed by atoms with Crippen molar-refractivity contribution in [2.24, 2.45) is 0 Å². The highest BCUT2D eigenvalue weighted by Gasteiger charge is 2.14. The van der Waals surface area contributed by atoms with Gasteiger partial charge in [-0.2, -0.15) is 0 Å². The van der Waals surface area contributed by atoms with Crippen molar-refractivity contribution in [3.63, 3.8) is 0 Å². The van der Waals surface area contributed by atoms with Gasteiger partial charge in [0, 0.05) is 11.8 Å². The van der Waals surface area contributed by atoms with E-state index in [0.29, 0.717) is 5.92 Å². The van der Waals surface area contributed by atoms with E-state index in [1.807, 2.05) is 6.07 Å². The lowest BCUT2D eigenvalue weighted by Crippen LogP contribution is -2.02. The molecule has 0 spiro atoms. The molecule has 1 aromatic rings. The molecule has 1 atom stereocenters. The summed E-state index contributed by atoms with van der Waals surface area (Å²) in [6.07, 6.45) is 6.70. The molecule has 0 bridgehead atoms. The van der Waals surface area contributed by atoms with Crippen LogP contribution in [0.5, 0.6) is 5.88 Å².